The Kier molecular flexibility index (Phi) is 5.76. The van der Waals surface area contributed by atoms with E-state index in [1.807, 2.05) is 37.3 Å². The predicted octanol–water partition coefficient (Wildman–Crippen LogP) is 1.91. The Labute approximate surface area is 170 Å². The maximum atomic E-state index is 13.2. The lowest BCUT2D eigenvalue weighted by Crippen LogP contribution is -2.51. The van der Waals surface area contributed by atoms with Gasteiger partial charge in [-0.25, -0.2) is 0 Å². The average Bonchev–Trinajstić information content (AvgIpc) is 3.18. The number of ether oxygens (including phenoxy) is 2. The summed E-state index contributed by atoms with van der Waals surface area (Å²) in [4.78, 5) is 34.0. The number of aromatic nitrogens is 1. The second-order valence-corrected chi connectivity index (χ2v) is 7.39. The quantitative estimate of drug-likeness (QED) is 0.791. The highest BCUT2D eigenvalue weighted by Crippen LogP contribution is 2.26. The van der Waals surface area contributed by atoms with Gasteiger partial charge in [0.2, 0.25) is 5.91 Å². The van der Waals surface area contributed by atoms with E-state index in [-0.39, 0.29) is 17.9 Å². The van der Waals surface area contributed by atoms with E-state index in [1.54, 1.807) is 28.1 Å². The maximum absolute atomic E-state index is 13.2. The zero-order valence-corrected chi connectivity index (χ0v) is 16.5. The van der Waals surface area contributed by atoms with Crippen LogP contribution in [0.2, 0.25) is 0 Å². The number of nitrogens with zero attached hydrogens (tertiary/aromatic N) is 3. The molecule has 0 unspecified atom stereocenters. The Morgan fingerprint density at radius 3 is 2.55 bits per heavy atom. The van der Waals surface area contributed by atoms with Crippen molar-refractivity contribution in [2.24, 2.45) is 0 Å². The number of pyridine rings is 1. The lowest BCUT2D eigenvalue weighted by atomic mass is 10.1. The molecule has 0 aliphatic carbocycles. The predicted molar refractivity (Wildman–Crippen MR) is 107 cm³/mol. The number of amides is 2. The Morgan fingerprint density at radius 2 is 1.86 bits per heavy atom. The first-order valence-electron chi connectivity index (χ1n) is 9.93. The van der Waals surface area contributed by atoms with Crippen LogP contribution in [0.4, 0.5) is 0 Å². The van der Waals surface area contributed by atoms with Crippen LogP contribution in [0.1, 0.15) is 22.5 Å². The highest BCUT2D eigenvalue weighted by Gasteiger charge is 2.43. The Hall–Kier alpha value is -2.93. The van der Waals surface area contributed by atoms with Gasteiger partial charge in [0, 0.05) is 31.4 Å². The average molecular weight is 395 g/mol. The molecule has 2 saturated heterocycles. The van der Waals surface area contributed by atoms with Gasteiger partial charge in [0.05, 0.1) is 25.3 Å². The second-order valence-electron chi connectivity index (χ2n) is 7.39. The molecule has 2 aliphatic rings. The number of hydrogen-bond donors (Lipinski definition) is 0. The van der Waals surface area contributed by atoms with Crippen molar-refractivity contribution < 1.29 is 19.1 Å². The van der Waals surface area contributed by atoms with Gasteiger partial charge in [0.15, 0.2) is 0 Å². The minimum absolute atomic E-state index is 0.0408. The summed E-state index contributed by atoms with van der Waals surface area (Å²) < 4.78 is 11.4. The number of para-hydroxylation sites is 1. The van der Waals surface area contributed by atoms with Crippen molar-refractivity contribution in [3.8, 4) is 5.75 Å². The van der Waals surface area contributed by atoms with Gasteiger partial charge in [-0.2, -0.15) is 0 Å². The van der Waals surface area contributed by atoms with Gasteiger partial charge in [-0.15, -0.1) is 0 Å². The minimum Gasteiger partial charge on any atom is -0.488 e. The molecule has 0 spiro atoms. The molecular formula is C22H25N3O4. The summed E-state index contributed by atoms with van der Waals surface area (Å²) in [5.41, 5.74) is 1.32. The molecule has 1 aromatic heterocycles. The fourth-order valence-corrected chi connectivity index (χ4v) is 3.79. The molecule has 4 rings (SSSR count). The molecule has 2 amide bonds. The molecule has 2 aromatic rings. The molecule has 0 N–H and O–H groups in total. The molecule has 7 nitrogen and oxygen atoms in total. The summed E-state index contributed by atoms with van der Waals surface area (Å²) in [5.74, 6) is 0.505. The van der Waals surface area contributed by atoms with Crippen molar-refractivity contribution in [2.75, 3.05) is 32.8 Å². The standard InChI is InChI=1S/C22H25N3O4/c1-16-7-8-17(14-23-16)21(26)25-15-19(29-18-5-3-2-4-6-18)13-20(25)22(27)24-9-11-28-12-10-24/h2-8,14,19-20H,9-13,15H2,1H3/t19-,20-/m0/s1. The molecule has 29 heavy (non-hydrogen) atoms. The summed E-state index contributed by atoms with van der Waals surface area (Å²) in [5, 5.41) is 0. The van der Waals surface area contributed by atoms with E-state index in [2.05, 4.69) is 4.98 Å². The van der Waals surface area contributed by atoms with Gasteiger partial charge in [-0.05, 0) is 31.2 Å². The van der Waals surface area contributed by atoms with Crippen LogP contribution in [0.3, 0.4) is 0 Å². The van der Waals surface area contributed by atoms with Crippen LogP contribution < -0.4 is 4.74 Å². The molecule has 0 radical (unpaired) electrons. The van der Waals surface area contributed by atoms with Gasteiger partial charge >= 0.3 is 0 Å². The molecule has 2 atom stereocenters. The summed E-state index contributed by atoms with van der Waals surface area (Å²) in [7, 11) is 0. The van der Waals surface area contributed by atoms with E-state index in [9.17, 15) is 9.59 Å². The van der Waals surface area contributed by atoms with Gasteiger partial charge in [0.1, 0.15) is 17.9 Å². The monoisotopic (exact) mass is 395 g/mol. The lowest BCUT2D eigenvalue weighted by molar-refractivity contribution is -0.139. The van der Waals surface area contributed by atoms with E-state index >= 15 is 0 Å². The molecular weight excluding hydrogens is 370 g/mol. The number of hydrogen-bond acceptors (Lipinski definition) is 5. The summed E-state index contributed by atoms with van der Waals surface area (Å²) in [6, 6.07) is 12.5. The second kappa shape index (κ2) is 8.61. The van der Waals surface area contributed by atoms with Crippen LogP contribution in [0.5, 0.6) is 5.75 Å². The fraction of sp³-hybridized carbons (Fsp3) is 0.409. The smallest absolute Gasteiger partial charge is 0.256 e. The van der Waals surface area contributed by atoms with E-state index in [0.717, 1.165) is 11.4 Å². The van der Waals surface area contributed by atoms with Gasteiger partial charge in [-0.1, -0.05) is 18.2 Å². The molecule has 3 heterocycles. The van der Waals surface area contributed by atoms with Crippen molar-refractivity contribution in [1.29, 1.82) is 0 Å². The third-order valence-electron chi connectivity index (χ3n) is 5.34. The van der Waals surface area contributed by atoms with Crippen molar-refractivity contribution >= 4 is 11.8 Å². The zero-order valence-electron chi connectivity index (χ0n) is 16.5. The number of aryl methyl sites for hydroxylation is 1. The lowest BCUT2D eigenvalue weighted by Gasteiger charge is -2.32. The number of carbonyl (C=O) groups is 2. The van der Waals surface area contributed by atoms with Crippen LogP contribution in [-0.2, 0) is 9.53 Å². The Bertz CT molecular complexity index is 850. The van der Waals surface area contributed by atoms with Crippen molar-refractivity contribution in [3.63, 3.8) is 0 Å². The zero-order chi connectivity index (χ0) is 20.2. The molecule has 1 aromatic carbocycles. The normalized spacial score (nSPS) is 21.8. The van der Waals surface area contributed by atoms with Gasteiger partial charge < -0.3 is 19.3 Å². The number of carbonyl (C=O) groups excluding carboxylic acids is 2. The van der Waals surface area contributed by atoms with Crippen LogP contribution >= 0.6 is 0 Å². The van der Waals surface area contributed by atoms with Crippen LogP contribution in [-0.4, -0.2) is 71.6 Å². The first kappa shape index (κ1) is 19.4. The van der Waals surface area contributed by atoms with E-state index in [4.69, 9.17) is 9.47 Å². The maximum Gasteiger partial charge on any atom is 0.256 e. The number of likely N-dealkylation sites (tertiary alicyclic amines) is 1. The Balaban J connectivity index is 1.55. The van der Waals surface area contributed by atoms with E-state index < -0.39 is 6.04 Å². The third-order valence-corrected chi connectivity index (χ3v) is 5.34. The van der Waals surface area contributed by atoms with Crippen molar-refractivity contribution in [1.82, 2.24) is 14.8 Å². The number of morpholine rings is 1. The highest BCUT2D eigenvalue weighted by atomic mass is 16.5. The fourth-order valence-electron chi connectivity index (χ4n) is 3.79. The van der Waals surface area contributed by atoms with Gasteiger partial charge in [0.25, 0.3) is 5.91 Å². The molecule has 2 fully saturated rings. The largest absolute Gasteiger partial charge is 0.488 e. The third kappa shape index (κ3) is 4.40. The van der Waals surface area contributed by atoms with E-state index in [1.165, 1.54) is 0 Å². The molecule has 0 saturated carbocycles. The van der Waals surface area contributed by atoms with E-state index in [0.29, 0.717) is 44.8 Å². The van der Waals surface area contributed by atoms with Crippen LogP contribution in [0.25, 0.3) is 0 Å². The van der Waals surface area contributed by atoms with Crippen LogP contribution in [0.15, 0.2) is 48.7 Å². The topological polar surface area (TPSA) is 72.0 Å². The minimum atomic E-state index is -0.546. The SMILES string of the molecule is Cc1ccc(C(=O)N2C[C@@H](Oc3ccccc3)C[C@H]2C(=O)N2CCOCC2)cn1. The summed E-state index contributed by atoms with van der Waals surface area (Å²) in [6.07, 6.45) is 1.80. The number of benzene rings is 1. The van der Waals surface area contributed by atoms with Crippen LogP contribution in [0, 0.1) is 6.92 Å². The van der Waals surface area contributed by atoms with Crippen molar-refractivity contribution in [3.05, 3.63) is 59.9 Å². The molecule has 2 aliphatic heterocycles. The van der Waals surface area contributed by atoms with Gasteiger partial charge in [-0.3, -0.25) is 14.6 Å². The first-order valence-corrected chi connectivity index (χ1v) is 9.93. The molecule has 152 valence electrons. The highest BCUT2D eigenvalue weighted by molar-refractivity contribution is 5.97. The Morgan fingerprint density at radius 1 is 1.10 bits per heavy atom. The number of rotatable bonds is 4. The van der Waals surface area contributed by atoms with Crippen molar-refractivity contribution in [2.45, 2.75) is 25.5 Å². The first-order chi connectivity index (χ1) is 14.1. The molecule has 7 heteroatoms. The summed E-state index contributed by atoms with van der Waals surface area (Å²) >= 11 is 0. The summed E-state index contributed by atoms with van der Waals surface area (Å²) in [6.45, 7) is 4.39. The molecule has 0 bridgehead atoms.